The Morgan fingerprint density at radius 3 is 2.08 bits per heavy atom. The van der Waals surface area contributed by atoms with Gasteiger partial charge in [0, 0.05) is 6.42 Å². The SMILES string of the molecule is CC.CC1CC(O)C(O)C(O)O1. The first-order valence-electron chi connectivity index (χ1n) is 4.31. The van der Waals surface area contributed by atoms with Crippen molar-refractivity contribution in [2.24, 2.45) is 0 Å². The second kappa shape index (κ2) is 5.48. The third-order valence-corrected chi connectivity index (χ3v) is 1.63. The van der Waals surface area contributed by atoms with Crippen LogP contribution in [0.1, 0.15) is 27.2 Å². The molecule has 4 unspecified atom stereocenters. The third-order valence-electron chi connectivity index (χ3n) is 1.63. The molecule has 1 aliphatic rings. The van der Waals surface area contributed by atoms with Gasteiger partial charge in [0.15, 0.2) is 6.29 Å². The number of ether oxygens (including phenoxy) is 1. The summed E-state index contributed by atoms with van der Waals surface area (Å²) in [4.78, 5) is 0. The quantitative estimate of drug-likeness (QED) is 0.483. The minimum absolute atomic E-state index is 0.187. The molecule has 0 amide bonds. The van der Waals surface area contributed by atoms with Crippen LogP contribution in [-0.4, -0.2) is 39.9 Å². The van der Waals surface area contributed by atoms with Crippen LogP contribution in [0, 0.1) is 0 Å². The standard InChI is InChI=1S/C6H12O4.C2H6/c1-3-2-4(7)5(8)6(9)10-3;1-2/h3-9H,2H2,1H3;1-2H3. The zero-order chi connectivity index (χ0) is 9.72. The van der Waals surface area contributed by atoms with Crippen LogP contribution >= 0.6 is 0 Å². The van der Waals surface area contributed by atoms with E-state index in [0.29, 0.717) is 6.42 Å². The molecule has 4 nitrogen and oxygen atoms in total. The monoisotopic (exact) mass is 178 g/mol. The normalized spacial score (nSPS) is 41.5. The van der Waals surface area contributed by atoms with E-state index in [4.69, 9.17) is 20.1 Å². The van der Waals surface area contributed by atoms with Gasteiger partial charge in [0.1, 0.15) is 6.10 Å². The fourth-order valence-electron chi connectivity index (χ4n) is 1.04. The van der Waals surface area contributed by atoms with Gasteiger partial charge >= 0.3 is 0 Å². The van der Waals surface area contributed by atoms with Gasteiger partial charge in [-0.2, -0.15) is 0 Å². The first-order chi connectivity index (χ1) is 5.61. The highest BCUT2D eigenvalue weighted by Gasteiger charge is 2.33. The molecule has 1 fully saturated rings. The van der Waals surface area contributed by atoms with Crippen molar-refractivity contribution in [3.8, 4) is 0 Å². The van der Waals surface area contributed by atoms with Crippen LogP contribution < -0.4 is 0 Å². The van der Waals surface area contributed by atoms with Gasteiger partial charge in [-0.15, -0.1) is 0 Å². The molecule has 0 spiro atoms. The van der Waals surface area contributed by atoms with Crippen LogP contribution in [0.15, 0.2) is 0 Å². The van der Waals surface area contributed by atoms with Crippen molar-refractivity contribution >= 4 is 0 Å². The fourth-order valence-corrected chi connectivity index (χ4v) is 1.04. The first kappa shape index (κ1) is 11.8. The van der Waals surface area contributed by atoms with Gasteiger partial charge in [0.25, 0.3) is 0 Å². The van der Waals surface area contributed by atoms with Gasteiger partial charge in [0.05, 0.1) is 12.2 Å². The number of aliphatic hydroxyl groups excluding tert-OH is 3. The Balaban J connectivity index is 0.000000561. The molecule has 3 N–H and O–H groups in total. The molecule has 4 atom stereocenters. The Hall–Kier alpha value is -0.160. The molecule has 1 heterocycles. The van der Waals surface area contributed by atoms with E-state index in [1.807, 2.05) is 13.8 Å². The van der Waals surface area contributed by atoms with E-state index in [2.05, 4.69) is 0 Å². The Labute approximate surface area is 72.8 Å². The highest BCUT2D eigenvalue weighted by molar-refractivity contribution is 4.77. The Morgan fingerprint density at radius 1 is 1.17 bits per heavy atom. The topological polar surface area (TPSA) is 69.9 Å². The Bertz CT molecular complexity index is 106. The van der Waals surface area contributed by atoms with E-state index in [1.165, 1.54) is 0 Å². The van der Waals surface area contributed by atoms with Crippen molar-refractivity contribution in [2.45, 2.75) is 51.8 Å². The van der Waals surface area contributed by atoms with Gasteiger partial charge in [-0.05, 0) is 6.92 Å². The Kier molecular flexibility index (Phi) is 5.41. The Morgan fingerprint density at radius 2 is 1.67 bits per heavy atom. The molecule has 74 valence electrons. The zero-order valence-electron chi connectivity index (χ0n) is 7.77. The molecule has 0 bridgehead atoms. The fraction of sp³-hybridized carbons (Fsp3) is 1.00. The molecule has 1 saturated heterocycles. The second-order valence-corrected chi connectivity index (χ2v) is 2.63. The van der Waals surface area contributed by atoms with Crippen LogP contribution in [0.5, 0.6) is 0 Å². The number of hydrogen-bond donors (Lipinski definition) is 3. The van der Waals surface area contributed by atoms with Gasteiger partial charge in [-0.1, -0.05) is 13.8 Å². The number of hydrogen-bond acceptors (Lipinski definition) is 4. The summed E-state index contributed by atoms with van der Waals surface area (Å²) in [6.45, 7) is 5.73. The van der Waals surface area contributed by atoms with E-state index in [1.54, 1.807) is 6.92 Å². The average Bonchev–Trinajstić information content (AvgIpc) is 2.04. The van der Waals surface area contributed by atoms with Crippen molar-refractivity contribution < 1.29 is 20.1 Å². The van der Waals surface area contributed by atoms with E-state index in [0.717, 1.165) is 0 Å². The number of aliphatic hydroxyl groups is 3. The van der Waals surface area contributed by atoms with Crippen molar-refractivity contribution in [1.82, 2.24) is 0 Å². The molecule has 1 rings (SSSR count). The molecular weight excluding hydrogens is 160 g/mol. The summed E-state index contributed by atoms with van der Waals surface area (Å²) in [6, 6.07) is 0. The molecule has 0 saturated carbocycles. The predicted molar refractivity (Wildman–Crippen MR) is 44.5 cm³/mol. The summed E-state index contributed by atoms with van der Waals surface area (Å²) in [5, 5.41) is 26.9. The highest BCUT2D eigenvalue weighted by Crippen LogP contribution is 2.17. The maximum Gasteiger partial charge on any atom is 0.183 e. The van der Waals surface area contributed by atoms with Gasteiger partial charge in [-0.25, -0.2) is 0 Å². The van der Waals surface area contributed by atoms with Crippen LogP contribution in [0.25, 0.3) is 0 Å². The minimum atomic E-state index is -1.24. The van der Waals surface area contributed by atoms with Crippen LogP contribution in [-0.2, 0) is 4.74 Å². The molecule has 0 aromatic rings. The molecule has 0 radical (unpaired) electrons. The van der Waals surface area contributed by atoms with E-state index < -0.39 is 18.5 Å². The zero-order valence-corrected chi connectivity index (χ0v) is 7.77. The van der Waals surface area contributed by atoms with Gasteiger partial charge < -0.3 is 20.1 Å². The lowest BCUT2D eigenvalue weighted by Gasteiger charge is -2.32. The lowest BCUT2D eigenvalue weighted by Crippen LogP contribution is -2.47. The summed E-state index contributed by atoms with van der Waals surface area (Å²) in [5.41, 5.74) is 0. The lowest BCUT2D eigenvalue weighted by molar-refractivity contribution is -0.242. The van der Waals surface area contributed by atoms with Crippen LogP contribution in [0.4, 0.5) is 0 Å². The first-order valence-corrected chi connectivity index (χ1v) is 4.31. The van der Waals surface area contributed by atoms with Crippen LogP contribution in [0.3, 0.4) is 0 Å². The summed E-state index contributed by atoms with van der Waals surface area (Å²) in [5.74, 6) is 0. The molecule has 12 heavy (non-hydrogen) atoms. The minimum Gasteiger partial charge on any atom is -0.390 e. The molecular formula is C8H18O4. The van der Waals surface area contributed by atoms with Crippen LogP contribution in [0.2, 0.25) is 0 Å². The smallest absolute Gasteiger partial charge is 0.183 e. The molecule has 4 heteroatoms. The molecule has 0 aromatic carbocycles. The lowest BCUT2D eigenvalue weighted by atomic mass is 10.0. The van der Waals surface area contributed by atoms with Crippen molar-refractivity contribution in [3.63, 3.8) is 0 Å². The maximum absolute atomic E-state index is 9.03. The third kappa shape index (κ3) is 3.06. The number of rotatable bonds is 0. The summed E-state index contributed by atoms with van der Waals surface area (Å²) >= 11 is 0. The van der Waals surface area contributed by atoms with Crippen molar-refractivity contribution in [1.29, 1.82) is 0 Å². The second-order valence-electron chi connectivity index (χ2n) is 2.63. The molecule has 0 aliphatic carbocycles. The molecule has 1 aliphatic heterocycles. The van der Waals surface area contributed by atoms with Gasteiger partial charge in [-0.3, -0.25) is 0 Å². The predicted octanol–water partition coefficient (Wildman–Crippen LogP) is -0.138. The summed E-state index contributed by atoms with van der Waals surface area (Å²) in [7, 11) is 0. The van der Waals surface area contributed by atoms with E-state index in [-0.39, 0.29) is 6.10 Å². The maximum atomic E-state index is 9.03. The molecule has 0 aromatic heterocycles. The summed E-state index contributed by atoms with van der Waals surface area (Å²) < 4.78 is 4.81. The van der Waals surface area contributed by atoms with Gasteiger partial charge in [0.2, 0.25) is 0 Å². The largest absolute Gasteiger partial charge is 0.390 e. The van der Waals surface area contributed by atoms with E-state index >= 15 is 0 Å². The van der Waals surface area contributed by atoms with Crippen molar-refractivity contribution in [3.05, 3.63) is 0 Å². The highest BCUT2D eigenvalue weighted by atomic mass is 16.6. The average molecular weight is 178 g/mol. The van der Waals surface area contributed by atoms with Crippen molar-refractivity contribution in [2.75, 3.05) is 0 Å². The van der Waals surface area contributed by atoms with E-state index in [9.17, 15) is 0 Å². The summed E-state index contributed by atoms with van der Waals surface area (Å²) in [6.07, 6.45) is -3.07.